The summed E-state index contributed by atoms with van der Waals surface area (Å²) >= 11 is 0. The molecule has 2 aliphatic rings. The Morgan fingerprint density at radius 2 is 1.66 bits per heavy atom. The predicted molar refractivity (Wildman–Crippen MR) is 114 cm³/mol. The van der Waals surface area contributed by atoms with Gasteiger partial charge >= 0.3 is 0 Å². The molecule has 1 saturated carbocycles. The van der Waals surface area contributed by atoms with Crippen molar-refractivity contribution in [1.29, 1.82) is 0 Å². The van der Waals surface area contributed by atoms with Crippen molar-refractivity contribution in [2.75, 3.05) is 33.3 Å². The van der Waals surface area contributed by atoms with Crippen molar-refractivity contribution in [2.45, 2.75) is 63.7 Å². The molecule has 0 atom stereocenters. The maximum Gasteiger partial charge on any atom is 0.246 e. The van der Waals surface area contributed by atoms with Crippen LogP contribution in [-0.2, 0) is 14.8 Å². The summed E-state index contributed by atoms with van der Waals surface area (Å²) in [5.74, 6) is 1.22. The number of methoxy groups -OCH3 is 1. The van der Waals surface area contributed by atoms with Gasteiger partial charge in [-0.2, -0.15) is 4.31 Å². The SMILES string of the molecule is COc1cc(C)c(C)cc1S(=O)(=O)N1CCN(C(=O)CCC2CCCCC2)CC1. The minimum atomic E-state index is -3.65. The Labute approximate surface area is 175 Å². The van der Waals surface area contributed by atoms with Crippen molar-refractivity contribution in [1.82, 2.24) is 9.21 Å². The van der Waals surface area contributed by atoms with Crippen LogP contribution >= 0.6 is 0 Å². The van der Waals surface area contributed by atoms with Crippen LogP contribution in [0.15, 0.2) is 17.0 Å². The second kappa shape index (κ2) is 9.47. The van der Waals surface area contributed by atoms with E-state index in [1.165, 1.54) is 43.5 Å². The zero-order chi connectivity index (χ0) is 21.0. The van der Waals surface area contributed by atoms with Gasteiger partial charge in [0, 0.05) is 32.6 Å². The second-order valence-corrected chi connectivity index (χ2v) is 10.3. The second-order valence-electron chi connectivity index (χ2n) is 8.41. The summed E-state index contributed by atoms with van der Waals surface area (Å²) in [6.45, 7) is 5.40. The van der Waals surface area contributed by atoms with Crippen LogP contribution in [0.25, 0.3) is 0 Å². The minimum Gasteiger partial charge on any atom is -0.495 e. The minimum absolute atomic E-state index is 0.163. The zero-order valence-electron chi connectivity index (χ0n) is 17.9. The van der Waals surface area contributed by atoms with Crippen LogP contribution in [0.4, 0.5) is 0 Å². The van der Waals surface area contributed by atoms with Crippen LogP contribution in [0.1, 0.15) is 56.1 Å². The molecule has 0 unspecified atom stereocenters. The summed E-state index contributed by atoms with van der Waals surface area (Å²) in [7, 11) is -2.16. The lowest BCUT2D eigenvalue weighted by atomic mass is 9.86. The molecule has 1 heterocycles. The molecule has 0 radical (unpaired) electrons. The average molecular weight is 423 g/mol. The van der Waals surface area contributed by atoms with Crippen LogP contribution in [0.5, 0.6) is 5.75 Å². The first-order valence-corrected chi connectivity index (χ1v) is 12.2. The number of amides is 1. The average Bonchev–Trinajstić information content (AvgIpc) is 2.74. The fraction of sp³-hybridized carbons (Fsp3) is 0.682. The Morgan fingerprint density at radius 3 is 2.28 bits per heavy atom. The zero-order valence-corrected chi connectivity index (χ0v) is 18.8. The van der Waals surface area contributed by atoms with E-state index in [9.17, 15) is 13.2 Å². The number of hydrogen-bond donors (Lipinski definition) is 0. The van der Waals surface area contributed by atoms with Gasteiger partial charge in [0.25, 0.3) is 0 Å². The van der Waals surface area contributed by atoms with Crippen LogP contribution in [-0.4, -0.2) is 56.8 Å². The smallest absolute Gasteiger partial charge is 0.246 e. The third-order valence-corrected chi connectivity index (χ3v) is 8.40. The van der Waals surface area contributed by atoms with E-state index >= 15 is 0 Å². The fourth-order valence-corrected chi connectivity index (χ4v) is 6.05. The highest BCUT2D eigenvalue weighted by atomic mass is 32.2. The van der Waals surface area contributed by atoms with E-state index in [2.05, 4.69) is 0 Å². The molecular formula is C22H34N2O4S. The summed E-state index contributed by atoms with van der Waals surface area (Å²) in [6, 6.07) is 3.46. The monoisotopic (exact) mass is 422 g/mol. The number of nitrogens with zero attached hydrogens (tertiary/aromatic N) is 2. The molecule has 1 aromatic rings. The van der Waals surface area contributed by atoms with Gasteiger partial charge in [-0.1, -0.05) is 32.1 Å². The number of sulfonamides is 1. The summed E-state index contributed by atoms with van der Waals surface area (Å²) < 4.78 is 33.2. The molecule has 29 heavy (non-hydrogen) atoms. The third-order valence-electron chi connectivity index (χ3n) is 6.48. The third kappa shape index (κ3) is 5.12. The standard InChI is InChI=1S/C22H34N2O4S/c1-17-15-20(28-3)21(16-18(17)2)29(26,27)24-13-11-23(12-14-24)22(25)10-9-19-7-5-4-6-8-19/h15-16,19H,4-14H2,1-3H3. The van der Waals surface area contributed by atoms with Gasteiger partial charge < -0.3 is 9.64 Å². The van der Waals surface area contributed by atoms with Gasteiger partial charge in [-0.15, -0.1) is 0 Å². The summed E-state index contributed by atoms with van der Waals surface area (Å²) in [4.78, 5) is 14.6. The molecule has 0 N–H and O–H groups in total. The van der Waals surface area contributed by atoms with E-state index in [-0.39, 0.29) is 10.8 Å². The van der Waals surface area contributed by atoms with Gasteiger partial charge in [-0.05, 0) is 49.4 Å². The molecular weight excluding hydrogens is 388 g/mol. The Bertz CT molecular complexity index is 823. The number of hydrogen-bond acceptors (Lipinski definition) is 4. The number of piperazine rings is 1. The lowest BCUT2D eigenvalue weighted by molar-refractivity contribution is -0.132. The number of carbonyl (C=O) groups is 1. The molecule has 0 bridgehead atoms. The van der Waals surface area contributed by atoms with Gasteiger partial charge in [-0.3, -0.25) is 4.79 Å². The van der Waals surface area contributed by atoms with Crippen molar-refractivity contribution >= 4 is 15.9 Å². The highest BCUT2D eigenvalue weighted by molar-refractivity contribution is 7.89. The largest absolute Gasteiger partial charge is 0.495 e. The number of aryl methyl sites for hydroxylation is 2. The van der Waals surface area contributed by atoms with Crippen molar-refractivity contribution in [2.24, 2.45) is 5.92 Å². The van der Waals surface area contributed by atoms with Gasteiger partial charge in [-0.25, -0.2) is 8.42 Å². The molecule has 6 nitrogen and oxygen atoms in total. The molecule has 3 rings (SSSR count). The van der Waals surface area contributed by atoms with E-state index in [0.29, 0.717) is 44.3 Å². The van der Waals surface area contributed by atoms with Crippen LogP contribution in [0.3, 0.4) is 0 Å². The lowest BCUT2D eigenvalue weighted by Gasteiger charge is -2.34. The van der Waals surface area contributed by atoms with E-state index in [1.54, 1.807) is 12.1 Å². The summed E-state index contributed by atoms with van der Waals surface area (Å²) in [5, 5.41) is 0. The molecule has 1 aromatic carbocycles. The first-order chi connectivity index (χ1) is 13.8. The Kier molecular flexibility index (Phi) is 7.22. The summed E-state index contributed by atoms with van der Waals surface area (Å²) in [6.07, 6.45) is 7.95. The Balaban J connectivity index is 1.59. The molecule has 7 heteroatoms. The van der Waals surface area contributed by atoms with Gasteiger partial charge in [0.15, 0.2) is 0 Å². The first kappa shape index (κ1) is 22.1. The molecule has 0 spiro atoms. The lowest BCUT2D eigenvalue weighted by Crippen LogP contribution is -2.50. The van der Waals surface area contributed by atoms with Crippen LogP contribution in [0, 0.1) is 19.8 Å². The van der Waals surface area contributed by atoms with E-state index in [4.69, 9.17) is 4.74 Å². The molecule has 1 aliphatic heterocycles. The first-order valence-electron chi connectivity index (χ1n) is 10.8. The van der Waals surface area contributed by atoms with Crippen molar-refractivity contribution in [3.05, 3.63) is 23.3 Å². The summed E-state index contributed by atoms with van der Waals surface area (Å²) in [5.41, 5.74) is 1.91. The maximum atomic E-state index is 13.2. The highest BCUT2D eigenvalue weighted by Gasteiger charge is 2.32. The highest BCUT2D eigenvalue weighted by Crippen LogP contribution is 2.31. The van der Waals surface area contributed by atoms with Crippen molar-refractivity contribution in [3.63, 3.8) is 0 Å². The Hall–Kier alpha value is -1.60. The molecule has 1 saturated heterocycles. The van der Waals surface area contributed by atoms with Crippen LogP contribution in [0.2, 0.25) is 0 Å². The van der Waals surface area contributed by atoms with Crippen LogP contribution < -0.4 is 4.74 Å². The Morgan fingerprint density at radius 1 is 1.03 bits per heavy atom. The molecule has 1 amide bonds. The fourth-order valence-electron chi connectivity index (χ4n) is 4.40. The normalized spacial score (nSPS) is 19.3. The quantitative estimate of drug-likeness (QED) is 0.704. The number of ether oxygens (including phenoxy) is 1. The molecule has 1 aliphatic carbocycles. The topological polar surface area (TPSA) is 66.9 Å². The molecule has 2 fully saturated rings. The van der Waals surface area contributed by atoms with E-state index < -0.39 is 10.0 Å². The molecule has 162 valence electrons. The van der Waals surface area contributed by atoms with E-state index in [1.807, 2.05) is 18.7 Å². The molecule has 0 aromatic heterocycles. The van der Waals surface area contributed by atoms with Gasteiger partial charge in [0.2, 0.25) is 15.9 Å². The predicted octanol–water partition coefficient (Wildman–Crippen LogP) is 3.51. The maximum absolute atomic E-state index is 13.2. The van der Waals surface area contributed by atoms with Crippen molar-refractivity contribution < 1.29 is 17.9 Å². The van der Waals surface area contributed by atoms with Gasteiger partial charge in [0.1, 0.15) is 10.6 Å². The van der Waals surface area contributed by atoms with Gasteiger partial charge in [0.05, 0.1) is 7.11 Å². The number of carbonyl (C=O) groups excluding carboxylic acids is 1. The number of benzene rings is 1. The van der Waals surface area contributed by atoms with E-state index in [0.717, 1.165) is 17.5 Å². The number of rotatable bonds is 6. The van der Waals surface area contributed by atoms with Crippen molar-refractivity contribution in [3.8, 4) is 5.75 Å².